The highest BCUT2D eigenvalue weighted by atomic mass is 32.2. The van der Waals surface area contributed by atoms with Gasteiger partial charge in [-0.2, -0.15) is 8.42 Å². The third kappa shape index (κ3) is 2.90. The molecule has 2 aromatic rings. The topological polar surface area (TPSA) is 60.4 Å². The lowest BCUT2D eigenvalue weighted by atomic mass is 10.1. The van der Waals surface area contributed by atoms with Crippen LogP contribution >= 0.6 is 0 Å². The number of benzene rings is 2. The van der Waals surface area contributed by atoms with Crippen LogP contribution < -0.4 is 4.18 Å². The van der Waals surface area contributed by atoms with E-state index in [1.807, 2.05) is 6.07 Å². The van der Waals surface area contributed by atoms with Crippen LogP contribution in [0.25, 0.3) is 0 Å². The monoisotopic (exact) mass is 316 g/mol. The van der Waals surface area contributed by atoms with E-state index in [9.17, 15) is 13.2 Å². The predicted octanol–water partition coefficient (Wildman–Crippen LogP) is 3.15. The Labute approximate surface area is 129 Å². The van der Waals surface area contributed by atoms with Crippen LogP contribution in [0.4, 0.5) is 0 Å². The first kappa shape index (κ1) is 14.8. The van der Waals surface area contributed by atoms with Gasteiger partial charge < -0.3 is 4.18 Å². The molecule has 0 spiro atoms. The van der Waals surface area contributed by atoms with Crippen LogP contribution in [0.15, 0.2) is 47.4 Å². The Balaban J connectivity index is 1.90. The van der Waals surface area contributed by atoms with Crippen LogP contribution in [0.1, 0.15) is 34.8 Å². The molecule has 0 N–H and O–H groups in total. The maximum atomic E-state index is 12.3. The van der Waals surface area contributed by atoms with Gasteiger partial charge in [0.05, 0.1) is 0 Å². The van der Waals surface area contributed by atoms with Crippen molar-refractivity contribution in [1.82, 2.24) is 0 Å². The molecule has 3 rings (SSSR count). The van der Waals surface area contributed by atoms with Gasteiger partial charge in [-0.3, -0.25) is 4.79 Å². The molecule has 0 aliphatic heterocycles. The Hall–Kier alpha value is -2.14. The summed E-state index contributed by atoms with van der Waals surface area (Å²) in [5.41, 5.74) is 2.74. The molecule has 0 fully saturated rings. The van der Waals surface area contributed by atoms with Crippen LogP contribution in [0.3, 0.4) is 0 Å². The molecular weight excluding hydrogens is 300 g/mol. The van der Waals surface area contributed by atoms with Crippen molar-refractivity contribution in [2.45, 2.75) is 31.1 Å². The standard InChI is InChI=1S/C17H16O4S/c1-12(18)14-5-3-7-17(11-14)22(19,20)21-16-9-8-13-4-2-6-15(13)10-16/h3,5,7-11H,2,4,6H2,1H3. The highest BCUT2D eigenvalue weighted by Crippen LogP contribution is 2.28. The fraction of sp³-hybridized carbons (Fsp3) is 0.235. The highest BCUT2D eigenvalue weighted by Gasteiger charge is 2.19. The molecule has 114 valence electrons. The van der Waals surface area contributed by atoms with Gasteiger partial charge >= 0.3 is 10.1 Å². The lowest BCUT2D eigenvalue weighted by Crippen LogP contribution is -2.10. The first-order chi connectivity index (χ1) is 10.5. The van der Waals surface area contributed by atoms with E-state index in [0.29, 0.717) is 11.3 Å². The minimum absolute atomic E-state index is 0.0132. The quantitative estimate of drug-likeness (QED) is 0.642. The lowest BCUT2D eigenvalue weighted by molar-refractivity contribution is 0.101. The summed E-state index contributed by atoms with van der Waals surface area (Å²) in [7, 11) is -3.94. The summed E-state index contributed by atoms with van der Waals surface area (Å²) in [5.74, 6) is 0.128. The van der Waals surface area contributed by atoms with Crippen molar-refractivity contribution in [3.05, 3.63) is 59.2 Å². The number of carbonyl (C=O) groups excluding carboxylic acids is 1. The molecule has 1 aliphatic rings. The van der Waals surface area contributed by atoms with Gasteiger partial charge in [0, 0.05) is 5.56 Å². The fourth-order valence-electron chi connectivity index (χ4n) is 2.65. The normalized spacial score (nSPS) is 13.7. The predicted molar refractivity (Wildman–Crippen MR) is 82.7 cm³/mol. The molecule has 2 aromatic carbocycles. The molecule has 0 saturated carbocycles. The van der Waals surface area contributed by atoms with Crippen molar-refractivity contribution in [3.8, 4) is 5.75 Å². The largest absolute Gasteiger partial charge is 0.379 e. The van der Waals surface area contributed by atoms with E-state index in [-0.39, 0.29) is 10.7 Å². The molecule has 0 amide bonds. The fourth-order valence-corrected chi connectivity index (χ4v) is 3.62. The van der Waals surface area contributed by atoms with E-state index in [1.165, 1.54) is 30.7 Å². The number of hydrogen-bond donors (Lipinski definition) is 0. The molecule has 0 aromatic heterocycles. The summed E-state index contributed by atoms with van der Waals surface area (Å²) in [6.45, 7) is 1.40. The van der Waals surface area contributed by atoms with Crippen molar-refractivity contribution < 1.29 is 17.4 Å². The molecular formula is C17H16O4S. The van der Waals surface area contributed by atoms with Crippen molar-refractivity contribution >= 4 is 15.9 Å². The molecule has 0 heterocycles. The van der Waals surface area contributed by atoms with E-state index >= 15 is 0 Å². The number of fused-ring (bicyclic) bond motifs is 1. The second kappa shape index (κ2) is 5.57. The zero-order valence-electron chi connectivity index (χ0n) is 12.2. The lowest BCUT2D eigenvalue weighted by Gasteiger charge is -2.09. The minimum atomic E-state index is -3.94. The second-order valence-corrected chi connectivity index (χ2v) is 6.95. The highest BCUT2D eigenvalue weighted by molar-refractivity contribution is 7.87. The van der Waals surface area contributed by atoms with Gasteiger partial charge in [0.2, 0.25) is 0 Å². The summed E-state index contributed by atoms with van der Waals surface area (Å²) in [5, 5.41) is 0. The summed E-state index contributed by atoms with van der Waals surface area (Å²) in [4.78, 5) is 11.4. The van der Waals surface area contributed by atoms with E-state index in [1.54, 1.807) is 18.2 Å². The Kier molecular flexibility index (Phi) is 3.74. The molecule has 1 aliphatic carbocycles. The zero-order valence-corrected chi connectivity index (χ0v) is 13.0. The molecule has 5 heteroatoms. The third-order valence-electron chi connectivity index (χ3n) is 3.81. The Morgan fingerprint density at radius 3 is 2.59 bits per heavy atom. The SMILES string of the molecule is CC(=O)c1cccc(S(=O)(=O)Oc2ccc3c(c2)CCC3)c1. The van der Waals surface area contributed by atoms with Gasteiger partial charge in [0.1, 0.15) is 10.6 Å². The number of rotatable bonds is 4. The van der Waals surface area contributed by atoms with Gasteiger partial charge in [-0.1, -0.05) is 18.2 Å². The second-order valence-electron chi connectivity index (χ2n) is 5.41. The Morgan fingerprint density at radius 2 is 1.82 bits per heavy atom. The first-order valence-electron chi connectivity index (χ1n) is 7.13. The van der Waals surface area contributed by atoms with Crippen LogP contribution in [-0.2, 0) is 23.0 Å². The van der Waals surface area contributed by atoms with E-state index < -0.39 is 10.1 Å². The smallest absolute Gasteiger partial charge is 0.339 e. The minimum Gasteiger partial charge on any atom is -0.379 e. The zero-order chi connectivity index (χ0) is 15.7. The Morgan fingerprint density at radius 1 is 1.05 bits per heavy atom. The molecule has 4 nitrogen and oxygen atoms in total. The maximum absolute atomic E-state index is 12.3. The number of ketones is 1. The van der Waals surface area contributed by atoms with E-state index in [2.05, 4.69) is 0 Å². The molecule has 0 atom stereocenters. The van der Waals surface area contributed by atoms with E-state index in [4.69, 9.17) is 4.18 Å². The van der Waals surface area contributed by atoms with Gasteiger partial charge in [-0.05, 0) is 61.6 Å². The van der Waals surface area contributed by atoms with Crippen molar-refractivity contribution in [1.29, 1.82) is 0 Å². The summed E-state index contributed by atoms with van der Waals surface area (Å²) in [6, 6.07) is 11.3. The average Bonchev–Trinajstić information content (AvgIpc) is 2.94. The number of Topliss-reactive ketones (excluding diaryl/α,β-unsaturated/α-hetero) is 1. The Bertz CT molecular complexity index is 837. The van der Waals surface area contributed by atoms with Crippen LogP contribution in [0.2, 0.25) is 0 Å². The number of hydrogen-bond acceptors (Lipinski definition) is 4. The van der Waals surface area contributed by atoms with Crippen molar-refractivity contribution in [3.63, 3.8) is 0 Å². The maximum Gasteiger partial charge on any atom is 0.339 e. The van der Waals surface area contributed by atoms with Gasteiger partial charge in [0.15, 0.2) is 5.78 Å². The summed E-state index contributed by atoms with van der Waals surface area (Å²) >= 11 is 0. The number of carbonyl (C=O) groups is 1. The van der Waals surface area contributed by atoms with Gasteiger partial charge in [-0.25, -0.2) is 0 Å². The molecule has 0 saturated heterocycles. The molecule has 0 radical (unpaired) electrons. The van der Waals surface area contributed by atoms with Crippen LogP contribution in [0, 0.1) is 0 Å². The molecule has 0 bridgehead atoms. The first-order valence-corrected chi connectivity index (χ1v) is 8.54. The van der Waals surface area contributed by atoms with E-state index in [0.717, 1.165) is 24.8 Å². The third-order valence-corrected chi connectivity index (χ3v) is 5.05. The van der Waals surface area contributed by atoms with Gasteiger partial charge in [0.25, 0.3) is 0 Å². The average molecular weight is 316 g/mol. The van der Waals surface area contributed by atoms with Crippen molar-refractivity contribution in [2.75, 3.05) is 0 Å². The molecule has 22 heavy (non-hydrogen) atoms. The summed E-state index contributed by atoms with van der Waals surface area (Å²) in [6.07, 6.45) is 3.07. The molecule has 0 unspecified atom stereocenters. The van der Waals surface area contributed by atoms with Gasteiger partial charge in [-0.15, -0.1) is 0 Å². The van der Waals surface area contributed by atoms with Crippen LogP contribution in [-0.4, -0.2) is 14.2 Å². The summed E-state index contributed by atoms with van der Waals surface area (Å²) < 4.78 is 29.9. The number of aryl methyl sites for hydroxylation is 2. The van der Waals surface area contributed by atoms with Crippen LogP contribution in [0.5, 0.6) is 5.75 Å². The van der Waals surface area contributed by atoms with Crippen molar-refractivity contribution in [2.24, 2.45) is 0 Å².